The van der Waals surface area contributed by atoms with E-state index in [1.807, 2.05) is 29.6 Å². The highest BCUT2D eigenvalue weighted by Gasteiger charge is 2.17. The van der Waals surface area contributed by atoms with E-state index < -0.39 is 11.8 Å². The van der Waals surface area contributed by atoms with Crippen molar-refractivity contribution in [3.8, 4) is 23.0 Å². The molecule has 0 unspecified atom stereocenters. The van der Waals surface area contributed by atoms with Gasteiger partial charge in [0.25, 0.3) is 11.8 Å². The van der Waals surface area contributed by atoms with Gasteiger partial charge in [-0.25, -0.2) is 0 Å². The molecule has 2 aromatic carbocycles. The van der Waals surface area contributed by atoms with Crippen molar-refractivity contribution in [3.63, 3.8) is 0 Å². The second-order valence-corrected chi connectivity index (χ2v) is 7.83. The van der Waals surface area contributed by atoms with Crippen molar-refractivity contribution < 1.29 is 28.5 Å². The number of ether oxygens (including phenoxy) is 4. The Balaban J connectivity index is 1.67. The molecule has 0 aliphatic heterocycles. The van der Waals surface area contributed by atoms with E-state index in [2.05, 4.69) is 10.6 Å². The van der Waals surface area contributed by atoms with Crippen molar-refractivity contribution >= 4 is 29.2 Å². The Bertz CT molecular complexity index is 1140. The molecule has 0 spiro atoms. The molecule has 34 heavy (non-hydrogen) atoms. The van der Waals surface area contributed by atoms with E-state index in [0.29, 0.717) is 28.6 Å². The third-order valence-corrected chi connectivity index (χ3v) is 5.50. The van der Waals surface area contributed by atoms with Crippen LogP contribution in [0.4, 0.5) is 0 Å². The molecular weight excluding hydrogens is 456 g/mol. The van der Waals surface area contributed by atoms with Crippen LogP contribution in [-0.2, 0) is 4.79 Å². The Morgan fingerprint density at radius 1 is 0.882 bits per heavy atom. The molecule has 0 saturated heterocycles. The van der Waals surface area contributed by atoms with E-state index >= 15 is 0 Å². The molecule has 0 aliphatic rings. The minimum Gasteiger partial charge on any atom is -0.493 e. The number of amides is 2. The quantitative estimate of drug-likeness (QED) is 0.319. The molecule has 0 fully saturated rings. The van der Waals surface area contributed by atoms with Crippen molar-refractivity contribution in [3.05, 3.63) is 76.1 Å². The van der Waals surface area contributed by atoms with Crippen LogP contribution < -0.4 is 29.6 Å². The Kier molecular flexibility index (Phi) is 8.93. The lowest BCUT2D eigenvalue weighted by molar-refractivity contribution is -0.117. The molecule has 2 N–H and O–H groups in total. The fraction of sp³-hybridized carbons (Fsp3) is 0.200. The number of para-hydroxylation sites is 2. The molecule has 0 aliphatic carbocycles. The van der Waals surface area contributed by atoms with Crippen LogP contribution in [0.3, 0.4) is 0 Å². The minimum atomic E-state index is -0.454. The third-order valence-electron chi connectivity index (χ3n) is 4.68. The topological polar surface area (TPSA) is 95.1 Å². The van der Waals surface area contributed by atoms with E-state index in [1.165, 1.54) is 25.6 Å². The average molecular weight is 483 g/mol. The maximum Gasteiger partial charge on any atom is 0.267 e. The number of rotatable bonds is 11. The summed E-state index contributed by atoms with van der Waals surface area (Å²) in [4.78, 5) is 26.6. The molecule has 8 nitrogen and oxygen atoms in total. The van der Waals surface area contributed by atoms with Crippen LogP contribution in [0, 0.1) is 0 Å². The number of carbonyl (C=O) groups excluding carboxylic acids is 2. The Morgan fingerprint density at radius 3 is 2.26 bits per heavy atom. The molecule has 1 aromatic heterocycles. The molecule has 9 heteroatoms. The normalized spacial score (nSPS) is 10.9. The van der Waals surface area contributed by atoms with Crippen LogP contribution in [0.25, 0.3) is 6.08 Å². The zero-order chi connectivity index (χ0) is 24.3. The third kappa shape index (κ3) is 6.52. The van der Waals surface area contributed by atoms with Crippen LogP contribution >= 0.6 is 11.3 Å². The molecule has 0 radical (unpaired) electrons. The van der Waals surface area contributed by atoms with Gasteiger partial charge in [-0.3, -0.25) is 9.59 Å². The van der Waals surface area contributed by atoms with Gasteiger partial charge in [-0.2, -0.15) is 0 Å². The monoisotopic (exact) mass is 482 g/mol. The fourth-order valence-corrected chi connectivity index (χ4v) is 3.66. The summed E-state index contributed by atoms with van der Waals surface area (Å²) < 4.78 is 21.4. The molecule has 3 aromatic rings. The largest absolute Gasteiger partial charge is 0.493 e. The fourth-order valence-electron chi connectivity index (χ4n) is 3.00. The van der Waals surface area contributed by atoms with Crippen LogP contribution in [0.15, 0.2) is 65.7 Å². The van der Waals surface area contributed by atoms with E-state index in [9.17, 15) is 9.59 Å². The van der Waals surface area contributed by atoms with Crippen molar-refractivity contribution in [1.82, 2.24) is 10.6 Å². The lowest BCUT2D eigenvalue weighted by atomic mass is 10.1. The number of nitrogens with one attached hydrogen (secondary N) is 2. The smallest absolute Gasteiger partial charge is 0.267 e. The van der Waals surface area contributed by atoms with Gasteiger partial charge in [-0.1, -0.05) is 18.2 Å². The molecule has 0 atom stereocenters. The highest BCUT2D eigenvalue weighted by Crippen LogP contribution is 2.28. The van der Waals surface area contributed by atoms with Crippen LogP contribution in [0.2, 0.25) is 0 Å². The summed E-state index contributed by atoms with van der Waals surface area (Å²) in [5.74, 6) is 1.21. The van der Waals surface area contributed by atoms with Gasteiger partial charge >= 0.3 is 0 Å². The number of carbonyl (C=O) groups is 2. The summed E-state index contributed by atoms with van der Waals surface area (Å²) in [5.41, 5.74) is 0.432. The Labute approximate surface area is 202 Å². The molecule has 3 rings (SSSR count). The van der Waals surface area contributed by atoms with Crippen molar-refractivity contribution in [1.29, 1.82) is 0 Å². The molecule has 0 saturated carbocycles. The van der Waals surface area contributed by atoms with Gasteiger partial charge in [0.2, 0.25) is 0 Å². The first-order chi connectivity index (χ1) is 16.5. The first-order valence-electron chi connectivity index (χ1n) is 10.4. The van der Waals surface area contributed by atoms with Gasteiger partial charge < -0.3 is 29.6 Å². The highest BCUT2D eigenvalue weighted by atomic mass is 32.1. The molecular formula is C25H26N2O6S. The van der Waals surface area contributed by atoms with Gasteiger partial charge in [-0.15, -0.1) is 11.3 Å². The summed E-state index contributed by atoms with van der Waals surface area (Å²) >= 11 is 1.45. The second-order valence-electron chi connectivity index (χ2n) is 6.85. The lowest BCUT2D eigenvalue weighted by Crippen LogP contribution is -2.36. The predicted octanol–water partition coefficient (Wildman–Crippen LogP) is 3.74. The SMILES string of the molecule is COc1ccc(C(=O)N/C(=C\c2cccs2)C(=O)NCCOc2ccccc2OC)cc1OC. The Morgan fingerprint density at radius 2 is 1.59 bits per heavy atom. The molecule has 2 amide bonds. The van der Waals surface area contributed by atoms with E-state index in [4.69, 9.17) is 18.9 Å². The summed E-state index contributed by atoms with van der Waals surface area (Å²) in [5, 5.41) is 7.36. The van der Waals surface area contributed by atoms with Crippen molar-refractivity contribution in [2.45, 2.75) is 0 Å². The number of benzene rings is 2. The minimum absolute atomic E-state index is 0.111. The van der Waals surface area contributed by atoms with Gasteiger partial charge in [0.05, 0.1) is 27.9 Å². The zero-order valence-corrected chi connectivity index (χ0v) is 19.9. The maximum absolute atomic E-state index is 12.9. The van der Waals surface area contributed by atoms with Gasteiger partial charge in [-0.05, 0) is 47.9 Å². The number of hydrogen-bond acceptors (Lipinski definition) is 7. The zero-order valence-electron chi connectivity index (χ0n) is 19.1. The van der Waals surface area contributed by atoms with E-state index in [0.717, 1.165) is 4.88 Å². The van der Waals surface area contributed by atoms with E-state index in [1.54, 1.807) is 43.5 Å². The van der Waals surface area contributed by atoms with Gasteiger partial charge in [0.1, 0.15) is 12.3 Å². The molecule has 0 bridgehead atoms. The number of hydrogen-bond donors (Lipinski definition) is 2. The van der Waals surface area contributed by atoms with Crippen molar-refractivity contribution in [2.24, 2.45) is 0 Å². The van der Waals surface area contributed by atoms with Crippen LogP contribution in [0.1, 0.15) is 15.2 Å². The standard InChI is InChI=1S/C25H26N2O6S/c1-30-20-8-4-5-9-22(20)33-13-12-26-25(29)19(16-18-7-6-14-34-18)27-24(28)17-10-11-21(31-2)23(15-17)32-3/h4-11,14-16H,12-13H2,1-3H3,(H,26,29)(H,27,28)/b19-16-. The Hall–Kier alpha value is -3.98. The van der Waals surface area contributed by atoms with Crippen molar-refractivity contribution in [2.75, 3.05) is 34.5 Å². The second kappa shape index (κ2) is 12.3. The molecule has 178 valence electrons. The summed E-state index contributed by atoms with van der Waals surface area (Å²) in [6.45, 7) is 0.451. The lowest BCUT2D eigenvalue weighted by Gasteiger charge is -2.13. The maximum atomic E-state index is 12.9. The van der Waals surface area contributed by atoms with Crippen LogP contribution in [-0.4, -0.2) is 46.3 Å². The highest BCUT2D eigenvalue weighted by molar-refractivity contribution is 7.10. The summed E-state index contributed by atoms with van der Waals surface area (Å²) in [7, 11) is 4.57. The van der Waals surface area contributed by atoms with Gasteiger partial charge in [0, 0.05) is 10.4 Å². The van der Waals surface area contributed by atoms with Gasteiger partial charge in [0.15, 0.2) is 23.0 Å². The summed E-state index contributed by atoms with van der Waals surface area (Å²) in [6, 6.07) is 15.7. The van der Waals surface area contributed by atoms with E-state index in [-0.39, 0.29) is 18.8 Å². The first-order valence-corrected chi connectivity index (χ1v) is 11.3. The molecule has 1 heterocycles. The van der Waals surface area contributed by atoms with Crippen LogP contribution in [0.5, 0.6) is 23.0 Å². The first kappa shape index (κ1) is 24.7. The number of thiophene rings is 1. The number of methoxy groups -OCH3 is 3. The predicted molar refractivity (Wildman–Crippen MR) is 131 cm³/mol. The summed E-state index contributed by atoms with van der Waals surface area (Å²) in [6.07, 6.45) is 1.62. The average Bonchev–Trinajstić information content (AvgIpc) is 3.39.